The zero-order chi connectivity index (χ0) is 12.7. The van der Waals surface area contributed by atoms with Crippen LogP contribution in [-0.4, -0.2) is 19.6 Å². The van der Waals surface area contributed by atoms with Crippen LogP contribution in [0.3, 0.4) is 0 Å². The zero-order valence-electron chi connectivity index (χ0n) is 9.37. The molecule has 18 heavy (non-hydrogen) atoms. The normalized spacial score (nSPS) is 11.3. The van der Waals surface area contributed by atoms with Crippen LogP contribution < -0.4 is 0 Å². The maximum atomic E-state index is 13.1. The van der Waals surface area contributed by atoms with Crippen molar-refractivity contribution >= 4 is 22.6 Å². The van der Waals surface area contributed by atoms with E-state index in [1.165, 1.54) is 11.5 Å². The van der Waals surface area contributed by atoms with Crippen LogP contribution in [0.5, 0.6) is 0 Å². The van der Waals surface area contributed by atoms with E-state index in [1.807, 2.05) is 6.92 Å². The molecule has 1 N–H and O–H groups in total. The number of imidazole rings is 1. The van der Waals surface area contributed by atoms with E-state index < -0.39 is 11.6 Å². The maximum Gasteiger partial charge on any atom is 0.161 e. The fraction of sp³-hybridized carbons (Fsp3) is 0.182. The van der Waals surface area contributed by atoms with Gasteiger partial charge >= 0.3 is 0 Å². The summed E-state index contributed by atoms with van der Waals surface area (Å²) in [4.78, 5) is 7.99. The highest BCUT2D eigenvalue weighted by Gasteiger charge is 2.14. The highest BCUT2D eigenvalue weighted by molar-refractivity contribution is 7.09. The fourth-order valence-corrected chi connectivity index (χ4v) is 2.43. The van der Waals surface area contributed by atoms with Crippen LogP contribution in [0.1, 0.15) is 12.6 Å². The maximum absolute atomic E-state index is 13.1. The second-order valence-electron chi connectivity index (χ2n) is 3.77. The first-order valence-electron chi connectivity index (χ1n) is 5.35. The van der Waals surface area contributed by atoms with Crippen molar-refractivity contribution in [3.63, 3.8) is 0 Å². The lowest BCUT2D eigenvalue weighted by atomic mass is 10.3. The van der Waals surface area contributed by atoms with Crippen molar-refractivity contribution in [2.75, 3.05) is 0 Å². The Labute approximate surface area is 105 Å². The Morgan fingerprint density at radius 3 is 2.83 bits per heavy atom. The molecule has 1 aromatic carbocycles. The van der Waals surface area contributed by atoms with Gasteiger partial charge in [0, 0.05) is 12.1 Å². The van der Waals surface area contributed by atoms with Crippen LogP contribution in [0.2, 0.25) is 0 Å². The smallest absolute Gasteiger partial charge is 0.161 e. The minimum Gasteiger partial charge on any atom is -0.337 e. The highest BCUT2D eigenvalue weighted by Crippen LogP contribution is 2.27. The molecule has 3 rings (SSSR count). The summed E-state index contributed by atoms with van der Waals surface area (Å²) < 4.78 is 30.1. The van der Waals surface area contributed by atoms with Crippen LogP contribution in [0, 0.1) is 11.6 Å². The summed E-state index contributed by atoms with van der Waals surface area (Å²) in [6.07, 6.45) is 0.728. The summed E-state index contributed by atoms with van der Waals surface area (Å²) in [7, 11) is 0. The number of halogens is 2. The highest BCUT2D eigenvalue weighted by atomic mass is 32.1. The molecule has 4 nitrogen and oxygen atoms in total. The molecule has 0 atom stereocenters. The zero-order valence-corrected chi connectivity index (χ0v) is 10.2. The molecule has 0 fully saturated rings. The van der Waals surface area contributed by atoms with Gasteiger partial charge in [0.1, 0.15) is 4.88 Å². The summed E-state index contributed by atoms with van der Waals surface area (Å²) >= 11 is 1.21. The summed E-state index contributed by atoms with van der Waals surface area (Å²) in [5.41, 5.74) is 1.67. The van der Waals surface area contributed by atoms with E-state index in [0.717, 1.165) is 29.1 Å². The molecule has 0 radical (unpaired) electrons. The minimum atomic E-state index is -0.904. The Morgan fingerprint density at radius 2 is 2.06 bits per heavy atom. The van der Waals surface area contributed by atoms with E-state index >= 15 is 0 Å². The van der Waals surface area contributed by atoms with Gasteiger partial charge in [0.2, 0.25) is 0 Å². The minimum absolute atomic E-state index is 0.388. The van der Waals surface area contributed by atoms with Crippen molar-refractivity contribution in [3.8, 4) is 10.7 Å². The lowest BCUT2D eigenvalue weighted by Gasteiger charge is -1.91. The molecule has 2 aromatic heterocycles. The second-order valence-corrected chi connectivity index (χ2v) is 4.53. The first-order chi connectivity index (χ1) is 8.69. The lowest BCUT2D eigenvalue weighted by Crippen LogP contribution is -1.85. The van der Waals surface area contributed by atoms with Gasteiger partial charge in [-0.15, -0.1) is 5.10 Å². The van der Waals surface area contributed by atoms with E-state index in [2.05, 4.69) is 19.6 Å². The largest absolute Gasteiger partial charge is 0.337 e. The molecular formula is C11H8F2N4S. The van der Waals surface area contributed by atoms with Gasteiger partial charge in [-0.2, -0.15) is 0 Å². The van der Waals surface area contributed by atoms with Gasteiger partial charge in [-0.25, -0.2) is 13.8 Å². The third-order valence-corrected chi connectivity index (χ3v) is 3.40. The predicted octanol–water partition coefficient (Wildman–Crippen LogP) is 2.92. The third-order valence-electron chi connectivity index (χ3n) is 2.63. The van der Waals surface area contributed by atoms with Crippen LogP contribution in [0.25, 0.3) is 21.7 Å². The number of hydrogen-bond donors (Lipinski definition) is 1. The van der Waals surface area contributed by atoms with Gasteiger partial charge in [0.15, 0.2) is 17.5 Å². The standard InChI is InChI=1S/C11H8F2N4S/c1-2-7-10(18-17-16-7)11-14-8-3-5(12)6(13)4-9(8)15-11/h3-4H,2H2,1H3,(H,14,15). The molecule has 2 heterocycles. The Bertz CT molecular complexity index is 680. The number of aromatic nitrogens is 4. The van der Waals surface area contributed by atoms with Crippen molar-refractivity contribution < 1.29 is 8.78 Å². The van der Waals surface area contributed by atoms with E-state index in [9.17, 15) is 8.78 Å². The molecule has 0 amide bonds. The van der Waals surface area contributed by atoms with Gasteiger partial charge in [-0.1, -0.05) is 11.4 Å². The van der Waals surface area contributed by atoms with Gasteiger partial charge < -0.3 is 4.98 Å². The van der Waals surface area contributed by atoms with E-state index in [0.29, 0.717) is 16.9 Å². The van der Waals surface area contributed by atoms with Crippen molar-refractivity contribution in [1.82, 2.24) is 19.6 Å². The van der Waals surface area contributed by atoms with Gasteiger partial charge in [-0.3, -0.25) is 0 Å². The molecule has 0 aliphatic carbocycles. The molecule has 0 bridgehead atoms. The lowest BCUT2D eigenvalue weighted by molar-refractivity contribution is 0.510. The Hall–Kier alpha value is -1.89. The first-order valence-corrected chi connectivity index (χ1v) is 6.12. The molecule has 0 aliphatic rings. The van der Waals surface area contributed by atoms with Crippen molar-refractivity contribution in [2.24, 2.45) is 0 Å². The molecule has 0 saturated heterocycles. The molecule has 3 aromatic rings. The van der Waals surface area contributed by atoms with Crippen molar-refractivity contribution in [2.45, 2.75) is 13.3 Å². The average Bonchev–Trinajstić information content (AvgIpc) is 2.95. The molecule has 0 saturated carbocycles. The average molecular weight is 266 g/mol. The van der Waals surface area contributed by atoms with Gasteiger partial charge in [0.05, 0.1) is 16.7 Å². The SMILES string of the molecule is CCc1nnsc1-c1nc2cc(F)c(F)cc2[nH]1. The van der Waals surface area contributed by atoms with E-state index in [-0.39, 0.29) is 0 Å². The number of fused-ring (bicyclic) bond motifs is 1. The summed E-state index contributed by atoms with van der Waals surface area (Å²) in [6, 6.07) is 2.17. The number of nitrogens with one attached hydrogen (secondary N) is 1. The van der Waals surface area contributed by atoms with Crippen LogP contribution in [0.4, 0.5) is 8.78 Å². The number of rotatable bonds is 2. The van der Waals surface area contributed by atoms with Crippen molar-refractivity contribution in [1.29, 1.82) is 0 Å². The second kappa shape index (κ2) is 4.09. The monoisotopic (exact) mass is 266 g/mol. The molecule has 7 heteroatoms. The van der Waals surface area contributed by atoms with Crippen molar-refractivity contribution in [3.05, 3.63) is 29.5 Å². The Kier molecular flexibility index (Phi) is 2.55. The van der Waals surface area contributed by atoms with Crippen LogP contribution in [0.15, 0.2) is 12.1 Å². The summed E-state index contributed by atoms with van der Waals surface area (Å²) in [5.74, 6) is -1.25. The quantitative estimate of drug-likeness (QED) is 0.776. The first kappa shape index (κ1) is 11.2. The number of benzene rings is 1. The predicted molar refractivity (Wildman–Crippen MR) is 64.3 cm³/mol. The van der Waals surface area contributed by atoms with E-state index in [4.69, 9.17) is 0 Å². The Balaban J connectivity index is 2.19. The molecular weight excluding hydrogens is 258 g/mol. The number of hydrogen-bond acceptors (Lipinski definition) is 4. The summed E-state index contributed by atoms with van der Waals surface area (Å²) in [6.45, 7) is 1.96. The molecule has 0 aliphatic heterocycles. The fourth-order valence-electron chi connectivity index (χ4n) is 1.73. The number of H-pyrrole nitrogens is 1. The Morgan fingerprint density at radius 1 is 1.28 bits per heavy atom. The molecule has 92 valence electrons. The number of nitrogens with zero attached hydrogens (tertiary/aromatic N) is 3. The topological polar surface area (TPSA) is 54.5 Å². The number of aryl methyl sites for hydroxylation is 1. The third kappa shape index (κ3) is 1.67. The number of aromatic amines is 1. The molecule has 0 spiro atoms. The van der Waals surface area contributed by atoms with Gasteiger partial charge in [-0.05, 0) is 18.0 Å². The van der Waals surface area contributed by atoms with E-state index in [1.54, 1.807) is 0 Å². The van der Waals surface area contributed by atoms with Crippen LogP contribution in [-0.2, 0) is 6.42 Å². The van der Waals surface area contributed by atoms with Gasteiger partial charge in [0.25, 0.3) is 0 Å². The molecule has 0 unspecified atom stereocenters. The van der Waals surface area contributed by atoms with Crippen LogP contribution >= 0.6 is 11.5 Å². The summed E-state index contributed by atoms with van der Waals surface area (Å²) in [5, 5.41) is 3.98.